The number of halogens is 1. The maximum Gasteiger partial charge on any atom is 0.253 e. The number of hydrogen-bond donors (Lipinski definition) is 0. The summed E-state index contributed by atoms with van der Waals surface area (Å²) in [5.74, 6) is 0.853. The topological polar surface area (TPSA) is 65.8 Å². The molecule has 2 aliphatic rings. The van der Waals surface area contributed by atoms with E-state index in [1.807, 2.05) is 23.1 Å². The summed E-state index contributed by atoms with van der Waals surface area (Å²) in [5.41, 5.74) is 1.32. The van der Waals surface area contributed by atoms with Gasteiger partial charge in [-0.05, 0) is 42.0 Å². The van der Waals surface area contributed by atoms with Gasteiger partial charge < -0.3 is 14.4 Å². The average molecular weight is 367 g/mol. The van der Waals surface area contributed by atoms with E-state index in [2.05, 4.69) is 6.07 Å². The average Bonchev–Trinajstić information content (AvgIpc) is 3.17. The van der Waals surface area contributed by atoms with E-state index in [4.69, 9.17) is 9.47 Å². The summed E-state index contributed by atoms with van der Waals surface area (Å²) in [6, 6.07) is 13.0. The smallest absolute Gasteiger partial charge is 0.253 e. The number of fused-ring (bicyclic) bond motifs is 1. The first kappa shape index (κ1) is 17.3. The third-order valence-electron chi connectivity index (χ3n) is 4.89. The summed E-state index contributed by atoms with van der Waals surface area (Å²) in [5, 5.41) is 9.68. The molecule has 1 unspecified atom stereocenters. The zero-order valence-electron chi connectivity index (χ0n) is 14.6. The van der Waals surface area contributed by atoms with E-state index in [0.717, 1.165) is 5.56 Å². The molecule has 1 saturated heterocycles. The molecule has 6 nitrogen and oxygen atoms in total. The monoisotopic (exact) mass is 367 g/mol. The van der Waals surface area contributed by atoms with Crippen LogP contribution in [0.1, 0.15) is 22.0 Å². The van der Waals surface area contributed by atoms with Crippen molar-refractivity contribution >= 4 is 5.91 Å². The number of nitriles is 1. The predicted molar refractivity (Wildman–Crippen MR) is 94.8 cm³/mol. The number of ether oxygens (including phenoxy) is 2. The molecule has 1 fully saturated rings. The molecule has 0 aromatic heterocycles. The van der Waals surface area contributed by atoms with Crippen molar-refractivity contribution in [3.63, 3.8) is 0 Å². The van der Waals surface area contributed by atoms with Crippen LogP contribution < -0.4 is 9.47 Å². The molecular formula is C20H18FN3O3. The lowest BCUT2D eigenvalue weighted by Crippen LogP contribution is -2.49. The number of amides is 1. The Morgan fingerprint density at radius 1 is 1.04 bits per heavy atom. The van der Waals surface area contributed by atoms with Crippen LogP contribution in [0.25, 0.3) is 0 Å². The highest BCUT2D eigenvalue weighted by Crippen LogP contribution is 2.35. The largest absolute Gasteiger partial charge is 0.454 e. The lowest BCUT2D eigenvalue weighted by atomic mass is 10.0. The summed E-state index contributed by atoms with van der Waals surface area (Å²) in [4.78, 5) is 16.3. The molecule has 2 aliphatic heterocycles. The van der Waals surface area contributed by atoms with Gasteiger partial charge in [-0.3, -0.25) is 9.69 Å². The zero-order chi connectivity index (χ0) is 18.8. The highest BCUT2D eigenvalue weighted by molar-refractivity contribution is 5.94. The van der Waals surface area contributed by atoms with Crippen LogP contribution >= 0.6 is 0 Å². The van der Waals surface area contributed by atoms with Gasteiger partial charge in [-0.1, -0.05) is 6.07 Å². The molecule has 2 aromatic carbocycles. The van der Waals surface area contributed by atoms with Crippen molar-refractivity contribution in [2.75, 3.05) is 33.0 Å². The molecule has 2 heterocycles. The van der Waals surface area contributed by atoms with E-state index in [1.54, 1.807) is 4.90 Å². The summed E-state index contributed by atoms with van der Waals surface area (Å²) in [7, 11) is 0. The van der Waals surface area contributed by atoms with Crippen molar-refractivity contribution in [3.05, 3.63) is 59.4 Å². The molecule has 0 radical (unpaired) electrons. The van der Waals surface area contributed by atoms with Crippen LogP contribution in [0.4, 0.5) is 4.39 Å². The van der Waals surface area contributed by atoms with Crippen LogP contribution in [-0.2, 0) is 0 Å². The number of hydrogen-bond acceptors (Lipinski definition) is 5. The van der Waals surface area contributed by atoms with Gasteiger partial charge in [-0.2, -0.15) is 5.26 Å². The first-order chi connectivity index (χ1) is 13.2. The van der Waals surface area contributed by atoms with Crippen LogP contribution in [0.15, 0.2) is 42.5 Å². The SMILES string of the molecule is N#CC(c1ccc2c(c1)OCO2)N1CCN(C(=O)c2ccc(F)cc2)CC1. The molecule has 1 atom stereocenters. The Kier molecular flexibility index (Phi) is 4.65. The van der Waals surface area contributed by atoms with Gasteiger partial charge in [-0.25, -0.2) is 4.39 Å². The van der Waals surface area contributed by atoms with Crippen LogP contribution in [0.5, 0.6) is 11.5 Å². The van der Waals surface area contributed by atoms with Gasteiger partial charge in [0.1, 0.15) is 11.9 Å². The van der Waals surface area contributed by atoms with Crippen molar-refractivity contribution < 1.29 is 18.7 Å². The minimum absolute atomic E-state index is 0.119. The van der Waals surface area contributed by atoms with Crippen molar-refractivity contribution in [1.82, 2.24) is 9.80 Å². The second kappa shape index (κ2) is 7.25. The fourth-order valence-electron chi connectivity index (χ4n) is 3.41. The molecule has 27 heavy (non-hydrogen) atoms. The number of carbonyl (C=O) groups is 1. The highest BCUT2D eigenvalue weighted by Gasteiger charge is 2.28. The molecule has 0 aliphatic carbocycles. The molecule has 7 heteroatoms. The van der Waals surface area contributed by atoms with Gasteiger partial charge >= 0.3 is 0 Å². The Morgan fingerprint density at radius 2 is 1.74 bits per heavy atom. The second-order valence-corrected chi connectivity index (χ2v) is 6.48. The summed E-state index contributed by atoms with van der Waals surface area (Å²) < 4.78 is 23.7. The molecule has 1 amide bonds. The van der Waals surface area contributed by atoms with Gasteiger partial charge in [0, 0.05) is 31.7 Å². The van der Waals surface area contributed by atoms with E-state index in [9.17, 15) is 14.4 Å². The summed E-state index contributed by atoms with van der Waals surface area (Å²) >= 11 is 0. The van der Waals surface area contributed by atoms with Crippen LogP contribution in [0, 0.1) is 17.1 Å². The quantitative estimate of drug-likeness (QED) is 0.834. The Hall–Kier alpha value is -3.11. The van der Waals surface area contributed by atoms with Crippen LogP contribution in [0.2, 0.25) is 0 Å². The molecule has 0 saturated carbocycles. The van der Waals surface area contributed by atoms with Crippen LogP contribution in [-0.4, -0.2) is 48.7 Å². The van der Waals surface area contributed by atoms with Gasteiger partial charge in [0.05, 0.1) is 6.07 Å². The van der Waals surface area contributed by atoms with Gasteiger partial charge in [0.2, 0.25) is 6.79 Å². The van der Waals surface area contributed by atoms with Gasteiger partial charge in [0.15, 0.2) is 11.5 Å². The summed E-state index contributed by atoms with van der Waals surface area (Å²) in [6.07, 6.45) is 0. The number of carbonyl (C=O) groups excluding carboxylic acids is 1. The van der Waals surface area contributed by atoms with Crippen molar-refractivity contribution in [3.8, 4) is 17.6 Å². The number of rotatable bonds is 3. The lowest BCUT2D eigenvalue weighted by molar-refractivity contribution is 0.0606. The summed E-state index contributed by atoms with van der Waals surface area (Å²) in [6.45, 7) is 2.39. The molecule has 0 N–H and O–H groups in total. The third kappa shape index (κ3) is 3.44. The minimum atomic E-state index is -0.414. The minimum Gasteiger partial charge on any atom is -0.454 e. The van der Waals surface area contributed by atoms with Gasteiger partial charge in [0.25, 0.3) is 5.91 Å². The fraction of sp³-hybridized carbons (Fsp3) is 0.300. The molecule has 0 spiro atoms. The Bertz CT molecular complexity index is 886. The molecule has 4 rings (SSSR count). The van der Waals surface area contributed by atoms with Crippen molar-refractivity contribution in [2.45, 2.75) is 6.04 Å². The predicted octanol–water partition coefficient (Wildman–Crippen LogP) is 2.58. The van der Waals surface area contributed by atoms with E-state index in [0.29, 0.717) is 43.2 Å². The Morgan fingerprint density at radius 3 is 2.44 bits per heavy atom. The first-order valence-electron chi connectivity index (χ1n) is 8.74. The van der Waals surface area contributed by atoms with Crippen molar-refractivity contribution in [1.29, 1.82) is 5.26 Å². The zero-order valence-corrected chi connectivity index (χ0v) is 14.6. The highest BCUT2D eigenvalue weighted by atomic mass is 19.1. The van der Waals surface area contributed by atoms with Crippen molar-refractivity contribution in [2.24, 2.45) is 0 Å². The second-order valence-electron chi connectivity index (χ2n) is 6.48. The maximum atomic E-state index is 13.0. The number of piperazine rings is 1. The van der Waals surface area contributed by atoms with Crippen LogP contribution in [0.3, 0.4) is 0 Å². The molecule has 138 valence electrons. The Labute approximate surface area is 156 Å². The molecule has 2 aromatic rings. The van der Waals surface area contributed by atoms with E-state index < -0.39 is 6.04 Å². The van der Waals surface area contributed by atoms with E-state index >= 15 is 0 Å². The normalized spacial score (nSPS) is 17.4. The number of nitrogens with zero attached hydrogens (tertiary/aromatic N) is 3. The third-order valence-corrected chi connectivity index (χ3v) is 4.89. The fourth-order valence-corrected chi connectivity index (χ4v) is 3.41. The standard InChI is InChI=1S/C20H18FN3O3/c21-16-4-1-14(2-5-16)20(25)24-9-7-23(8-10-24)17(12-22)15-3-6-18-19(11-15)27-13-26-18/h1-6,11,17H,7-10,13H2. The molecule has 0 bridgehead atoms. The van der Waals surface area contributed by atoms with E-state index in [-0.39, 0.29) is 18.5 Å². The lowest BCUT2D eigenvalue weighted by Gasteiger charge is -2.37. The Balaban J connectivity index is 1.42. The first-order valence-corrected chi connectivity index (χ1v) is 8.74. The number of benzene rings is 2. The van der Waals surface area contributed by atoms with E-state index in [1.165, 1.54) is 24.3 Å². The maximum absolute atomic E-state index is 13.0. The molecular weight excluding hydrogens is 349 g/mol. The van der Waals surface area contributed by atoms with Gasteiger partial charge in [-0.15, -0.1) is 0 Å².